The monoisotopic (exact) mass is 405 g/mol. The molecule has 1 saturated carbocycles. The minimum atomic E-state index is -0.289. The van der Waals surface area contributed by atoms with E-state index in [0.29, 0.717) is 41.1 Å². The van der Waals surface area contributed by atoms with Crippen LogP contribution < -0.4 is 25.6 Å². The molecule has 1 amide bonds. The molecular formula is C21H31N3O3S. The molecule has 154 valence electrons. The molecule has 0 radical (unpaired) electrons. The summed E-state index contributed by atoms with van der Waals surface area (Å²) in [6, 6.07) is 5.84. The summed E-state index contributed by atoms with van der Waals surface area (Å²) in [7, 11) is 1.60. The lowest BCUT2D eigenvalue weighted by Gasteiger charge is -2.35. The summed E-state index contributed by atoms with van der Waals surface area (Å²) in [5.41, 5.74) is 6.21. The first-order valence-corrected chi connectivity index (χ1v) is 10.2. The average Bonchev–Trinajstić information content (AvgIpc) is 2.68. The molecule has 3 atom stereocenters. The van der Waals surface area contributed by atoms with Gasteiger partial charge in [0.15, 0.2) is 16.6 Å². The summed E-state index contributed by atoms with van der Waals surface area (Å²) in [6.07, 6.45) is 6.71. The second kappa shape index (κ2) is 10.9. The summed E-state index contributed by atoms with van der Waals surface area (Å²) in [5.74, 6) is 2.25. The van der Waals surface area contributed by atoms with Gasteiger partial charge < -0.3 is 14.8 Å². The molecule has 1 aromatic rings. The first kappa shape index (κ1) is 22.0. The molecule has 1 aliphatic rings. The van der Waals surface area contributed by atoms with E-state index in [1.54, 1.807) is 13.2 Å². The lowest BCUT2D eigenvalue weighted by atomic mass is 9.78. The summed E-state index contributed by atoms with van der Waals surface area (Å²) < 4.78 is 10.8. The van der Waals surface area contributed by atoms with Crippen LogP contribution in [0.4, 0.5) is 0 Å². The topological polar surface area (TPSA) is 71.6 Å². The van der Waals surface area contributed by atoms with Crippen molar-refractivity contribution in [3.63, 3.8) is 0 Å². The van der Waals surface area contributed by atoms with Crippen molar-refractivity contribution in [3.05, 3.63) is 29.8 Å². The van der Waals surface area contributed by atoms with Crippen LogP contribution >= 0.6 is 12.2 Å². The summed E-state index contributed by atoms with van der Waals surface area (Å²) >= 11 is 5.30. The average molecular weight is 406 g/mol. The normalized spacial score (nSPS) is 21.8. The maximum atomic E-state index is 12.1. The molecule has 7 heteroatoms. The molecule has 28 heavy (non-hydrogen) atoms. The predicted octanol–water partition coefficient (Wildman–Crippen LogP) is 3.43. The van der Waals surface area contributed by atoms with Crippen LogP contribution in [0.15, 0.2) is 24.3 Å². The van der Waals surface area contributed by atoms with Crippen molar-refractivity contribution >= 4 is 29.3 Å². The van der Waals surface area contributed by atoms with Crippen molar-refractivity contribution in [1.29, 1.82) is 0 Å². The third kappa shape index (κ3) is 6.41. The number of thiocarbonyl (C=S) groups is 1. The van der Waals surface area contributed by atoms with Gasteiger partial charge in [0.1, 0.15) is 0 Å². The number of hydrazine groups is 1. The lowest BCUT2D eigenvalue weighted by Crippen LogP contribution is -2.52. The van der Waals surface area contributed by atoms with E-state index in [2.05, 4.69) is 30.0 Å². The van der Waals surface area contributed by atoms with Crippen LogP contribution in [0.3, 0.4) is 0 Å². The van der Waals surface area contributed by atoms with Gasteiger partial charge in [-0.3, -0.25) is 15.6 Å². The number of methoxy groups -OCH3 is 1. The van der Waals surface area contributed by atoms with E-state index >= 15 is 0 Å². The SMILES string of the molecule is CCOc1cc(/C=C/C(=O)NNC(=S)N[C@@H]2CCC[C@@H](C)[C@@H]2C)ccc1OC. The Balaban J connectivity index is 1.83. The smallest absolute Gasteiger partial charge is 0.262 e. The minimum absolute atomic E-state index is 0.289. The summed E-state index contributed by atoms with van der Waals surface area (Å²) in [4.78, 5) is 12.1. The maximum absolute atomic E-state index is 12.1. The Morgan fingerprint density at radius 1 is 1.25 bits per heavy atom. The first-order valence-electron chi connectivity index (χ1n) is 9.80. The fraction of sp³-hybridized carbons (Fsp3) is 0.524. The molecule has 0 spiro atoms. The highest BCUT2D eigenvalue weighted by Crippen LogP contribution is 2.29. The van der Waals surface area contributed by atoms with Crippen LogP contribution in [0, 0.1) is 11.8 Å². The van der Waals surface area contributed by atoms with Crippen molar-refractivity contribution in [1.82, 2.24) is 16.2 Å². The van der Waals surface area contributed by atoms with Gasteiger partial charge in [-0.15, -0.1) is 0 Å². The summed E-state index contributed by atoms with van der Waals surface area (Å²) in [5, 5.41) is 3.75. The van der Waals surface area contributed by atoms with Crippen molar-refractivity contribution in [2.45, 2.75) is 46.1 Å². The zero-order valence-electron chi connectivity index (χ0n) is 17.1. The van der Waals surface area contributed by atoms with E-state index in [9.17, 15) is 4.79 Å². The fourth-order valence-corrected chi connectivity index (χ4v) is 3.59. The number of ether oxygens (including phenoxy) is 2. The number of nitrogens with one attached hydrogen (secondary N) is 3. The number of hydrogen-bond donors (Lipinski definition) is 3. The Bertz CT molecular complexity index is 708. The molecule has 6 nitrogen and oxygen atoms in total. The molecule has 0 heterocycles. The van der Waals surface area contributed by atoms with E-state index in [4.69, 9.17) is 21.7 Å². The molecule has 0 unspecified atom stereocenters. The summed E-state index contributed by atoms with van der Waals surface area (Å²) in [6.45, 7) is 6.97. The predicted molar refractivity (Wildman–Crippen MR) is 116 cm³/mol. The quantitative estimate of drug-likeness (QED) is 0.383. The first-order chi connectivity index (χ1) is 13.4. The molecule has 1 aromatic carbocycles. The van der Waals surface area contributed by atoms with E-state index in [0.717, 1.165) is 12.0 Å². The molecule has 0 bridgehead atoms. The number of hydrogen-bond acceptors (Lipinski definition) is 4. The maximum Gasteiger partial charge on any atom is 0.262 e. The number of carbonyl (C=O) groups is 1. The van der Waals surface area contributed by atoms with Gasteiger partial charge in [-0.2, -0.15) is 0 Å². The van der Waals surface area contributed by atoms with Crippen molar-refractivity contribution in [2.75, 3.05) is 13.7 Å². The Morgan fingerprint density at radius 3 is 2.75 bits per heavy atom. The second-order valence-corrected chi connectivity index (χ2v) is 7.55. The Labute approximate surface area is 173 Å². The molecule has 1 fully saturated rings. The van der Waals surface area contributed by atoms with E-state index in [1.807, 2.05) is 25.1 Å². The van der Waals surface area contributed by atoms with Gasteiger partial charge in [0.25, 0.3) is 5.91 Å². The molecule has 0 aromatic heterocycles. The van der Waals surface area contributed by atoms with Crippen molar-refractivity contribution in [3.8, 4) is 11.5 Å². The largest absolute Gasteiger partial charge is 0.493 e. The van der Waals surface area contributed by atoms with Gasteiger partial charge in [0, 0.05) is 12.1 Å². The lowest BCUT2D eigenvalue weighted by molar-refractivity contribution is -0.116. The van der Waals surface area contributed by atoms with Crippen LogP contribution in [-0.4, -0.2) is 30.8 Å². The number of benzene rings is 1. The number of rotatable bonds is 6. The van der Waals surface area contributed by atoms with Crippen LogP contribution in [0.2, 0.25) is 0 Å². The standard InChI is InChI=1S/C21H31N3O3S/c1-5-27-19-13-16(9-11-18(19)26-4)10-12-20(25)23-24-21(28)22-17-8-6-7-14(2)15(17)3/h9-15,17H,5-8H2,1-4H3,(H,23,25)(H2,22,24,28)/b12-10+/t14-,15+,17-/m1/s1. The molecule has 0 aliphatic heterocycles. The minimum Gasteiger partial charge on any atom is -0.493 e. The molecule has 3 N–H and O–H groups in total. The van der Waals surface area contributed by atoms with Crippen LogP contribution in [-0.2, 0) is 4.79 Å². The van der Waals surface area contributed by atoms with E-state index < -0.39 is 0 Å². The van der Waals surface area contributed by atoms with Crippen molar-refractivity contribution < 1.29 is 14.3 Å². The van der Waals surface area contributed by atoms with E-state index in [1.165, 1.54) is 18.9 Å². The molecule has 1 aliphatic carbocycles. The highest BCUT2D eigenvalue weighted by molar-refractivity contribution is 7.80. The van der Waals surface area contributed by atoms with Gasteiger partial charge in [0.05, 0.1) is 13.7 Å². The highest BCUT2D eigenvalue weighted by atomic mass is 32.1. The zero-order chi connectivity index (χ0) is 20.5. The third-order valence-corrected chi connectivity index (χ3v) is 5.46. The molecule has 0 saturated heterocycles. The van der Waals surface area contributed by atoms with Gasteiger partial charge in [0.2, 0.25) is 0 Å². The number of carbonyl (C=O) groups excluding carboxylic acids is 1. The van der Waals surface area contributed by atoms with Crippen molar-refractivity contribution in [2.24, 2.45) is 11.8 Å². The molecular weight excluding hydrogens is 374 g/mol. The fourth-order valence-electron chi connectivity index (χ4n) is 3.39. The third-order valence-electron chi connectivity index (χ3n) is 5.24. The molecule has 2 rings (SSSR count). The zero-order valence-corrected chi connectivity index (χ0v) is 17.9. The number of amides is 1. The highest BCUT2D eigenvalue weighted by Gasteiger charge is 2.27. The Kier molecular flexibility index (Phi) is 8.57. The van der Waals surface area contributed by atoms with Crippen LogP contribution in [0.5, 0.6) is 11.5 Å². The van der Waals surface area contributed by atoms with Crippen LogP contribution in [0.1, 0.15) is 45.6 Å². The van der Waals surface area contributed by atoms with Gasteiger partial charge in [-0.05, 0) is 61.2 Å². The second-order valence-electron chi connectivity index (χ2n) is 7.14. The van der Waals surface area contributed by atoms with Gasteiger partial charge in [-0.25, -0.2) is 0 Å². The van der Waals surface area contributed by atoms with Crippen LogP contribution in [0.25, 0.3) is 6.08 Å². The van der Waals surface area contributed by atoms with E-state index in [-0.39, 0.29) is 5.91 Å². The Hall–Kier alpha value is -2.28. The Morgan fingerprint density at radius 2 is 2.04 bits per heavy atom. The van der Waals surface area contributed by atoms with Gasteiger partial charge >= 0.3 is 0 Å². The van der Waals surface area contributed by atoms with Gasteiger partial charge in [-0.1, -0.05) is 32.8 Å².